The maximum absolute atomic E-state index is 12.3. The lowest BCUT2D eigenvalue weighted by Crippen LogP contribution is -2.30. The van der Waals surface area contributed by atoms with Crippen LogP contribution < -0.4 is 0 Å². The van der Waals surface area contributed by atoms with Gasteiger partial charge < -0.3 is 24.1 Å². The van der Waals surface area contributed by atoms with Crippen molar-refractivity contribution in [1.29, 1.82) is 0 Å². The number of fused-ring (bicyclic) bond motifs is 4. The second kappa shape index (κ2) is 7.41. The molecule has 5 atom stereocenters. The van der Waals surface area contributed by atoms with Crippen molar-refractivity contribution in [3.63, 3.8) is 0 Å². The number of aliphatic hydroxyl groups excluding tert-OH is 2. The van der Waals surface area contributed by atoms with Crippen LogP contribution in [0.15, 0.2) is 46.4 Å². The molecular formula is C21H24O7. The fourth-order valence-corrected chi connectivity index (χ4v) is 3.78. The van der Waals surface area contributed by atoms with E-state index in [9.17, 15) is 19.8 Å². The lowest BCUT2D eigenvalue weighted by Gasteiger charge is -2.23. The van der Waals surface area contributed by atoms with Gasteiger partial charge in [0.05, 0.1) is 24.7 Å². The summed E-state index contributed by atoms with van der Waals surface area (Å²) in [6, 6.07) is 1.52. The predicted octanol–water partition coefficient (Wildman–Crippen LogP) is 2.05. The molecule has 4 bridgehead atoms. The van der Waals surface area contributed by atoms with Gasteiger partial charge in [-0.3, -0.25) is 0 Å². The molecule has 0 unspecified atom stereocenters. The van der Waals surface area contributed by atoms with Gasteiger partial charge in [0.15, 0.2) is 0 Å². The summed E-state index contributed by atoms with van der Waals surface area (Å²) in [4.78, 5) is 24.6. The maximum atomic E-state index is 12.3. The van der Waals surface area contributed by atoms with E-state index in [0.29, 0.717) is 22.7 Å². The SMILES string of the molecule is C=C(C)[C@H]1Cc2oc(cc2C(=O)OC)[C@H](C(=C)C)[C@@H]2OC(=O)/C(=C\[C@@H]1O)[C@H]2O. The Bertz CT molecular complexity index is 875. The largest absolute Gasteiger partial charge is 0.465 e. The number of hydrogen-bond donors (Lipinski definition) is 2. The van der Waals surface area contributed by atoms with Gasteiger partial charge in [-0.15, -0.1) is 0 Å². The van der Waals surface area contributed by atoms with E-state index in [1.54, 1.807) is 13.8 Å². The Hall–Kier alpha value is -2.64. The van der Waals surface area contributed by atoms with Crippen LogP contribution in [0.5, 0.6) is 0 Å². The van der Waals surface area contributed by atoms with E-state index < -0.39 is 42.1 Å². The number of esters is 2. The van der Waals surface area contributed by atoms with Gasteiger partial charge in [0.1, 0.15) is 29.3 Å². The van der Waals surface area contributed by atoms with Crippen LogP contribution in [-0.2, 0) is 20.7 Å². The van der Waals surface area contributed by atoms with Crippen LogP contribution in [0.25, 0.3) is 0 Å². The first-order valence-electron chi connectivity index (χ1n) is 8.96. The fraction of sp³-hybridized carbons (Fsp3) is 0.429. The zero-order chi connectivity index (χ0) is 20.7. The summed E-state index contributed by atoms with van der Waals surface area (Å²) >= 11 is 0. The molecule has 2 N–H and O–H groups in total. The first-order chi connectivity index (χ1) is 13.1. The molecule has 0 spiro atoms. The molecule has 2 aliphatic heterocycles. The smallest absolute Gasteiger partial charge is 0.341 e. The topological polar surface area (TPSA) is 106 Å². The average molecular weight is 388 g/mol. The van der Waals surface area contributed by atoms with Gasteiger partial charge in [-0.25, -0.2) is 9.59 Å². The van der Waals surface area contributed by atoms with Gasteiger partial charge in [0.25, 0.3) is 0 Å². The highest BCUT2D eigenvalue weighted by molar-refractivity contribution is 5.93. The van der Waals surface area contributed by atoms with Crippen molar-refractivity contribution in [1.82, 2.24) is 0 Å². The van der Waals surface area contributed by atoms with E-state index in [4.69, 9.17) is 13.9 Å². The van der Waals surface area contributed by atoms with Crippen LogP contribution in [0.4, 0.5) is 0 Å². The summed E-state index contributed by atoms with van der Waals surface area (Å²) in [5.41, 5.74) is 1.43. The van der Waals surface area contributed by atoms with Crippen LogP contribution in [0, 0.1) is 5.92 Å². The summed E-state index contributed by atoms with van der Waals surface area (Å²) in [6.45, 7) is 11.3. The molecule has 1 fully saturated rings. The number of rotatable bonds is 3. The Kier molecular flexibility index (Phi) is 5.32. The minimum absolute atomic E-state index is 0.00413. The van der Waals surface area contributed by atoms with Gasteiger partial charge >= 0.3 is 11.9 Å². The number of methoxy groups -OCH3 is 1. The van der Waals surface area contributed by atoms with Gasteiger partial charge in [0.2, 0.25) is 0 Å². The highest BCUT2D eigenvalue weighted by atomic mass is 16.6. The van der Waals surface area contributed by atoms with E-state index in [1.807, 2.05) is 0 Å². The maximum Gasteiger partial charge on any atom is 0.341 e. The number of ether oxygens (including phenoxy) is 2. The number of carbonyl (C=O) groups excluding carboxylic acids is 2. The second-order valence-corrected chi connectivity index (χ2v) is 7.39. The Labute approximate surface area is 162 Å². The molecular weight excluding hydrogens is 364 g/mol. The summed E-state index contributed by atoms with van der Waals surface area (Å²) in [5, 5.41) is 21.4. The van der Waals surface area contributed by atoms with E-state index in [-0.39, 0.29) is 17.6 Å². The zero-order valence-corrected chi connectivity index (χ0v) is 16.1. The molecule has 1 aromatic heterocycles. The summed E-state index contributed by atoms with van der Waals surface area (Å²) in [5.74, 6) is -1.84. The van der Waals surface area contributed by atoms with E-state index in [2.05, 4.69) is 13.2 Å². The van der Waals surface area contributed by atoms with Crippen LogP contribution >= 0.6 is 0 Å². The van der Waals surface area contributed by atoms with Crippen molar-refractivity contribution in [2.45, 2.75) is 44.5 Å². The zero-order valence-electron chi connectivity index (χ0n) is 16.1. The third kappa shape index (κ3) is 3.31. The molecule has 28 heavy (non-hydrogen) atoms. The number of hydrogen-bond acceptors (Lipinski definition) is 7. The number of aliphatic hydroxyl groups is 2. The van der Waals surface area contributed by atoms with Crippen LogP contribution in [0.2, 0.25) is 0 Å². The third-order valence-corrected chi connectivity index (χ3v) is 5.31. The van der Waals surface area contributed by atoms with Gasteiger partial charge in [-0.1, -0.05) is 24.3 Å². The summed E-state index contributed by atoms with van der Waals surface area (Å²) in [6.07, 6.45) is -1.91. The average Bonchev–Trinajstić information content (AvgIpc) is 3.14. The molecule has 150 valence electrons. The first-order valence-corrected chi connectivity index (χ1v) is 8.96. The monoisotopic (exact) mass is 388 g/mol. The van der Waals surface area contributed by atoms with Gasteiger partial charge in [-0.05, 0) is 26.0 Å². The Balaban J connectivity index is 2.24. The van der Waals surface area contributed by atoms with Gasteiger partial charge in [-0.2, -0.15) is 0 Å². The molecule has 2 aliphatic rings. The highest BCUT2D eigenvalue weighted by Crippen LogP contribution is 2.40. The molecule has 3 heterocycles. The Morgan fingerprint density at radius 1 is 1.25 bits per heavy atom. The minimum atomic E-state index is -1.28. The van der Waals surface area contributed by atoms with Gasteiger partial charge in [0, 0.05) is 12.3 Å². The highest BCUT2D eigenvalue weighted by Gasteiger charge is 2.46. The van der Waals surface area contributed by atoms with Crippen LogP contribution in [-0.4, -0.2) is 47.6 Å². The Morgan fingerprint density at radius 3 is 2.50 bits per heavy atom. The molecule has 0 amide bonds. The second-order valence-electron chi connectivity index (χ2n) is 7.39. The quantitative estimate of drug-likeness (QED) is 0.603. The molecule has 0 radical (unpaired) electrons. The first kappa shape index (κ1) is 20.1. The molecule has 1 aromatic rings. The normalized spacial score (nSPS) is 31.2. The van der Waals surface area contributed by atoms with Crippen molar-refractivity contribution in [2.75, 3.05) is 7.11 Å². The van der Waals surface area contributed by atoms with Crippen LogP contribution in [0.3, 0.4) is 0 Å². The predicted molar refractivity (Wildman–Crippen MR) is 99.6 cm³/mol. The van der Waals surface area contributed by atoms with Crippen molar-refractivity contribution in [3.05, 3.63) is 59.1 Å². The minimum Gasteiger partial charge on any atom is -0.465 e. The fourth-order valence-electron chi connectivity index (χ4n) is 3.78. The number of furan rings is 1. The van der Waals surface area contributed by atoms with Crippen LogP contribution in [0.1, 0.15) is 41.6 Å². The summed E-state index contributed by atoms with van der Waals surface area (Å²) in [7, 11) is 1.26. The lowest BCUT2D eigenvalue weighted by molar-refractivity contribution is -0.140. The van der Waals surface area contributed by atoms with E-state index in [1.165, 1.54) is 19.3 Å². The molecule has 0 aliphatic carbocycles. The van der Waals surface area contributed by atoms with E-state index in [0.717, 1.165) is 0 Å². The lowest BCUT2D eigenvalue weighted by atomic mass is 9.85. The molecule has 0 saturated carbocycles. The van der Waals surface area contributed by atoms with Crippen molar-refractivity contribution < 1.29 is 33.7 Å². The molecule has 1 saturated heterocycles. The standard InChI is InChI=1S/C21H24O7/c1-9(2)11-7-15-12(20(24)26-5)8-16(27-15)17(10(3)4)19-18(23)13(6-14(11)22)21(25)28-19/h6,8,11,14,17-19,22-23H,1,3,7H2,2,4-5H3/b13-6-/t11-,14+,17+,18-,19+/m1/s1. The van der Waals surface area contributed by atoms with E-state index >= 15 is 0 Å². The molecule has 7 heteroatoms. The summed E-state index contributed by atoms with van der Waals surface area (Å²) < 4.78 is 16.2. The number of carbonyl (C=O) groups is 2. The molecule has 0 aromatic carbocycles. The van der Waals surface area contributed by atoms with Crippen molar-refractivity contribution in [2.24, 2.45) is 5.92 Å². The third-order valence-electron chi connectivity index (χ3n) is 5.31. The Morgan fingerprint density at radius 2 is 1.93 bits per heavy atom. The van der Waals surface area contributed by atoms with Crippen molar-refractivity contribution >= 4 is 11.9 Å². The molecule has 7 nitrogen and oxygen atoms in total. The van der Waals surface area contributed by atoms with Crippen molar-refractivity contribution in [3.8, 4) is 0 Å². The molecule has 3 rings (SSSR count).